The van der Waals surface area contributed by atoms with E-state index in [0.29, 0.717) is 23.8 Å². The fourth-order valence-electron chi connectivity index (χ4n) is 1.72. The topological polar surface area (TPSA) is 83.8 Å². The van der Waals surface area contributed by atoms with Gasteiger partial charge in [-0.25, -0.2) is 0 Å². The zero-order valence-corrected chi connectivity index (χ0v) is 10.2. The maximum Gasteiger partial charge on any atom is 0.257 e. The molecular weight excluding hydrogens is 228 g/mol. The molecule has 0 fully saturated rings. The second kappa shape index (κ2) is 5.35. The fourth-order valence-corrected chi connectivity index (χ4v) is 1.72. The standard InChI is InChI=1S/C13H16N4O/c1-2-6-10-11(14)16-13(17-12(10)18)15-9-7-4-3-5-8-9/h3-5,7-8H,2,6H2,1H3,(H4,14,15,16,17,18). The van der Waals surface area contributed by atoms with Gasteiger partial charge in [0.25, 0.3) is 5.56 Å². The van der Waals surface area contributed by atoms with Crippen molar-refractivity contribution in [3.8, 4) is 0 Å². The highest BCUT2D eigenvalue weighted by Crippen LogP contribution is 2.13. The van der Waals surface area contributed by atoms with Crippen LogP contribution in [0, 0.1) is 0 Å². The van der Waals surface area contributed by atoms with E-state index in [1.165, 1.54) is 0 Å². The molecule has 4 N–H and O–H groups in total. The van der Waals surface area contributed by atoms with Crippen LogP contribution in [0.15, 0.2) is 35.1 Å². The van der Waals surface area contributed by atoms with Crippen LogP contribution in [0.2, 0.25) is 0 Å². The molecule has 94 valence electrons. The van der Waals surface area contributed by atoms with Crippen molar-refractivity contribution in [2.24, 2.45) is 0 Å². The van der Waals surface area contributed by atoms with Crippen LogP contribution in [-0.2, 0) is 6.42 Å². The Labute approximate surface area is 105 Å². The lowest BCUT2D eigenvalue weighted by atomic mass is 10.2. The lowest BCUT2D eigenvalue weighted by Crippen LogP contribution is -2.18. The molecule has 0 aliphatic carbocycles. The van der Waals surface area contributed by atoms with E-state index in [4.69, 9.17) is 5.73 Å². The van der Waals surface area contributed by atoms with E-state index >= 15 is 0 Å². The average molecular weight is 244 g/mol. The van der Waals surface area contributed by atoms with Crippen LogP contribution in [0.3, 0.4) is 0 Å². The van der Waals surface area contributed by atoms with Gasteiger partial charge in [-0.05, 0) is 18.6 Å². The highest BCUT2D eigenvalue weighted by Gasteiger charge is 2.07. The van der Waals surface area contributed by atoms with Gasteiger partial charge in [-0.2, -0.15) is 4.98 Å². The number of anilines is 3. The summed E-state index contributed by atoms with van der Waals surface area (Å²) in [6.07, 6.45) is 1.50. The molecule has 0 spiro atoms. The molecule has 0 atom stereocenters. The molecule has 0 bridgehead atoms. The second-order valence-corrected chi connectivity index (χ2v) is 4.02. The Morgan fingerprint density at radius 2 is 2.06 bits per heavy atom. The van der Waals surface area contributed by atoms with Gasteiger partial charge in [0.2, 0.25) is 5.95 Å². The molecule has 0 aliphatic rings. The van der Waals surface area contributed by atoms with E-state index in [2.05, 4.69) is 15.3 Å². The van der Waals surface area contributed by atoms with E-state index < -0.39 is 0 Å². The lowest BCUT2D eigenvalue weighted by Gasteiger charge is -2.08. The van der Waals surface area contributed by atoms with E-state index in [1.54, 1.807) is 0 Å². The van der Waals surface area contributed by atoms with Crippen molar-refractivity contribution >= 4 is 17.5 Å². The third-order valence-corrected chi connectivity index (χ3v) is 2.58. The number of para-hydroxylation sites is 1. The normalized spacial score (nSPS) is 10.3. The minimum absolute atomic E-state index is 0.178. The zero-order valence-electron chi connectivity index (χ0n) is 10.2. The number of H-pyrrole nitrogens is 1. The number of hydrogen-bond acceptors (Lipinski definition) is 4. The third kappa shape index (κ3) is 2.68. The first-order chi connectivity index (χ1) is 8.70. The molecule has 0 saturated carbocycles. The monoisotopic (exact) mass is 244 g/mol. The Morgan fingerprint density at radius 3 is 2.67 bits per heavy atom. The number of benzene rings is 1. The largest absolute Gasteiger partial charge is 0.383 e. The summed E-state index contributed by atoms with van der Waals surface area (Å²) >= 11 is 0. The van der Waals surface area contributed by atoms with Crippen LogP contribution < -0.4 is 16.6 Å². The van der Waals surface area contributed by atoms with Crippen LogP contribution in [0.25, 0.3) is 0 Å². The number of rotatable bonds is 4. The maximum atomic E-state index is 11.8. The predicted molar refractivity (Wildman–Crippen MR) is 73.0 cm³/mol. The zero-order chi connectivity index (χ0) is 13.0. The Kier molecular flexibility index (Phi) is 3.62. The maximum absolute atomic E-state index is 11.8. The number of nitrogens with one attached hydrogen (secondary N) is 2. The second-order valence-electron chi connectivity index (χ2n) is 4.02. The van der Waals surface area contributed by atoms with E-state index in [1.807, 2.05) is 37.3 Å². The van der Waals surface area contributed by atoms with Gasteiger partial charge in [0, 0.05) is 5.69 Å². The summed E-state index contributed by atoms with van der Waals surface area (Å²) in [5, 5.41) is 3.01. The molecule has 0 radical (unpaired) electrons. The van der Waals surface area contributed by atoms with Crippen molar-refractivity contribution in [2.45, 2.75) is 19.8 Å². The van der Waals surface area contributed by atoms with Crippen LogP contribution in [-0.4, -0.2) is 9.97 Å². The molecule has 18 heavy (non-hydrogen) atoms. The molecule has 0 aliphatic heterocycles. The van der Waals surface area contributed by atoms with Crippen molar-refractivity contribution in [1.29, 1.82) is 0 Å². The molecule has 0 unspecified atom stereocenters. The molecule has 1 aromatic heterocycles. The molecular formula is C13H16N4O. The van der Waals surface area contributed by atoms with Gasteiger partial charge in [0.15, 0.2) is 0 Å². The molecule has 5 heteroatoms. The van der Waals surface area contributed by atoms with Crippen molar-refractivity contribution in [3.05, 3.63) is 46.2 Å². The molecule has 5 nitrogen and oxygen atoms in total. The highest BCUT2D eigenvalue weighted by molar-refractivity contribution is 5.54. The number of nitrogen functional groups attached to an aromatic ring is 1. The summed E-state index contributed by atoms with van der Waals surface area (Å²) in [5.41, 5.74) is 7.02. The highest BCUT2D eigenvalue weighted by atomic mass is 16.1. The molecule has 0 amide bonds. The Balaban J connectivity index is 2.28. The Bertz CT molecular complexity index is 577. The van der Waals surface area contributed by atoms with Gasteiger partial charge < -0.3 is 11.1 Å². The lowest BCUT2D eigenvalue weighted by molar-refractivity contribution is 0.892. The number of aromatic nitrogens is 2. The summed E-state index contributed by atoms with van der Waals surface area (Å²) in [7, 11) is 0. The summed E-state index contributed by atoms with van der Waals surface area (Å²) in [5.74, 6) is 0.655. The first-order valence-corrected chi connectivity index (χ1v) is 5.91. The fraction of sp³-hybridized carbons (Fsp3) is 0.231. The van der Waals surface area contributed by atoms with Crippen LogP contribution in [0.1, 0.15) is 18.9 Å². The van der Waals surface area contributed by atoms with Gasteiger partial charge in [0.05, 0.1) is 5.56 Å². The smallest absolute Gasteiger partial charge is 0.257 e. The van der Waals surface area contributed by atoms with Crippen molar-refractivity contribution < 1.29 is 0 Å². The summed E-state index contributed by atoms with van der Waals surface area (Å²) in [6, 6.07) is 9.48. The van der Waals surface area contributed by atoms with Gasteiger partial charge in [-0.1, -0.05) is 31.5 Å². The molecule has 0 saturated heterocycles. The molecule has 2 rings (SSSR count). The number of aromatic amines is 1. The quantitative estimate of drug-likeness (QED) is 0.768. The number of hydrogen-bond donors (Lipinski definition) is 3. The van der Waals surface area contributed by atoms with Crippen molar-refractivity contribution in [2.75, 3.05) is 11.1 Å². The average Bonchev–Trinajstić information content (AvgIpc) is 2.35. The van der Waals surface area contributed by atoms with Crippen molar-refractivity contribution in [1.82, 2.24) is 9.97 Å². The minimum Gasteiger partial charge on any atom is -0.383 e. The first kappa shape index (κ1) is 12.2. The number of nitrogens with two attached hydrogens (primary N) is 1. The van der Waals surface area contributed by atoms with Gasteiger partial charge in [-0.3, -0.25) is 9.78 Å². The third-order valence-electron chi connectivity index (χ3n) is 2.58. The minimum atomic E-state index is -0.178. The van der Waals surface area contributed by atoms with E-state index in [0.717, 1.165) is 12.1 Å². The molecule has 1 heterocycles. The van der Waals surface area contributed by atoms with E-state index in [9.17, 15) is 4.79 Å². The van der Waals surface area contributed by atoms with Gasteiger partial charge >= 0.3 is 0 Å². The SMILES string of the molecule is CCCc1c(N)nc(Nc2ccccc2)[nH]c1=O. The van der Waals surface area contributed by atoms with Gasteiger partial charge in [0.1, 0.15) is 5.82 Å². The van der Waals surface area contributed by atoms with Crippen molar-refractivity contribution in [3.63, 3.8) is 0 Å². The molecule has 2 aromatic rings. The summed E-state index contributed by atoms with van der Waals surface area (Å²) < 4.78 is 0. The van der Waals surface area contributed by atoms with E-state index in [-0.39, 0.29) is 5.56 Å². The first-order valence-electron chi connectivity index (χ1n) is 5.91. The van der Waals surface area contributed by atoms with Crippen LogP contribution >= 0.6 is 0 Å². The van der Waals surface area contributed by atoms with Crippen LogP contribution in [0.4, 0.5) is 17.5 Å². The summed E-state index contributed by atoms with van der Waals surface area (Å²) in [6.45, 7) is 2.00. The van der Waals surface area contributed by atoms with Gasteiger partial charge in [-0.15, -0.1) is 0 Å². The number of nitrogens with zero attached hydrogens (tertiary/aromatic N) is 1. The molecule has 1 aromatic carbocycles. The Morgan fingerprint density at radius 1 is 1.33 bits per heavy atom. The summed E-state index contributed by atoms with van der Waals surface area (Å²) in [4.78, 5) is 18.7. The van der Waals surface area contributed by atoms with Crippen LogP contribution in [0.5, 0.6) is 0 Å². The predicted octanol–water partition coefficient (Wildman–Crippen LogP) is 2.05. The Hall–Kier alpha value is -2.30.